The molecule has 136 valence electrons. The van der Waals surface area contributed by atoms with E-state index in [0.717, 1.165) is 17.8 Å². The fourth-order valence-corrected chi connectivity index (χ4v) is 3.59. The number of rotatable bonds is 2. The van der Waals surface area contributed by atoms with Crippen LogP contribution < -0.4 is 4.90 Å². The van der Waals surface area contributed by atoms with E-state index < -0.39 is 0 Å². The van der Waals surface area contributed by atoms with Gasteiger partial charge in [0.1, 0.15) is 0 Å². The van der Waals surface area contributed by atoms with Crippen LogP contribution in [0.25, 0.3) is 0 Å². The number of carbonyl (C=O) groups excluding carboxylic acids is 2. The summed E-state index contributed by atoms with van der Waals surface area (Å²) in [6.45, 7) is 10.8. The quantitative estimate of drug-likeness (QED) is 0.817. The van der Waals surface area contributed by atoms with E-state index in [1.807, 2.05) is 6.92 Å². The monoisotopic (exact) mass is 346 g/mol. The van der Waals surface area contributed by atoms with Crippen molar-refractivity contribution in [2.24, 2.45) is 5.41 Å². The molecule has 1 aromatic heterocycles. The van der Waals surface area contributed by atoms with Gasteiger partial charge in [-0.3, -0.25) is 4.79 Å². The maximum Gasteiger partial charge on any atom is 0.409 e. The lowest BCUT2D eigenvalue weighted by molar-refractivity contribution is 0.0907. The number of nitrogens with zero attached hydrogens (tertiary/aromatic N) is 4. The first kappa shape index (κ1) is 17.6. The zero-order valence-corrected chi connectivity index (χ0v) is 15.5. The van der Waals surface area contributed by atoms with Gasteiger partial charge in [-0.25, -0.2) is 14.8 Å². The van der Waals surface area contributed by atoms with Crippen molar-refractivity contribution in [1.82, 2.24) is 14.9 Å². The van der Waals surface area contributed by atoms with Crippen LogP contribution in [0.15, 0.2) is 0 Å². The minimum Gasteiger partial charge on any atom is -0.450 e. The molecular formula is C18H26N4O3. The average Bonchev–Trinajstić information content (AvgIpc) is 2.53. The second-order valence-corrected chi connectivity index (χ2v) is 7.54. The predicted molar refractivity (Wildman–Crippen MR) is 94.0 cm³/mol. The third kappa shape index (κ3) is 3.60. The van der Waals surface area contributed by atoms with Gasteiger partial charge < -0.3 is 14.5 Å². The Morgan fingerprint density at radius 2 is 1.84 bits per heavy atom. The summed E-state index contributed by atoms with van der Waals surface area (Å²) in [4.78, 5) is 37.3. The Labute approximate surface area is 148 Å². The highest BCUT2D eigenvalue weighted by molar-refractivity contribution is 5.99. The summed E-state index contributed by atoms with van der Waals surface area (Å²) in [6.07, 6.45) is 1.06. The van der Waals surface area contributed by atoms with Crippen LogP contribution in [-0.2, 0) is 11.2 Å². The van der Waals surface area contributed by atoms with Crippen molar-refractivity contribution in [2.45, 2.75) is 40.5 Å². The summed E-state index contributed by atoms with van der Waals surface area (Å²) in [7, 11) is 0. The number of aromatic nitrogens is 2. The summed E-state index contributed by atoms with van der Waals surface area (Å²) >= 11 is 0. The molecule has 0 aromatic carbocycles. The molecule has 2 heterocycles. The topological polar surface area (TPSA) is 75.6 Å². The lowest BCUT2D eigenvalue weighted by Crippen LogP contribution is -2.49. The molecule has 3 rings (SSSR count). The minimum atomic E-state index is -0.267. The highest BCUT2D eigenvalue weighted by Gasteiger charge is 2.34. The number of hydrogen-bond donors (Lipinski definition) is 0. The van der Waals surface area contributed by atoms with Gasteiger partial charge in [0.15, 0.2) is 5.78 Å². The van der Waals surface area contributed by atoms with Crippen LogP contribution in [-0.4, -0.2) is 59.5 Å². The Morgan fingerprint density at radius 3 is 2.48 bits per heavy atom. The van der Waals surface area contributed by atoms with Crippen molar-refractivity contribution in [3.63, 3.8) is 0 Å². The van der Waals surface area contributed by atoms with Gasteiger partial charge in [0.2, 0.25) is 5.95 Å². The van der Waals surface area contributed by atoms with E-state index in [2.05, 4.69) is 23.7 Å². The molecule has 1 amide bonds. The van der Waals surface area contributed by atoms with Crippen molar-refractivity contribution in [3.8, 4) is 0 Å². The molecule has 7 nitrogen and oxygen atoms in total. The van der Waals surface area contributed by atoms with E-state index in [1.165, 1.54) is 0 Å². The molecule has 7 heteroatoms. The molecule has 25 heavy (non-hydrogen) atoms. The van der Waals surface area contributed by atoms with Crippen molar-refractivity contribution in [2.75, 3.05) is 37.7 Å². The zero-order valence-electron chi connectivity index (χ0n) is 15.5. The predicted octanol–water partition coefficient (Wildman–Crippen LogP) is 2.22. The maximum absolute atomic E-state index is 12.4. The van der Waals surface area contributed by atoms with E-state index in [-0.39, 0.29) is 17.3 Å². The van der Waals surface area contributed by atoms with Crippen molar-refractivity contribution < 1.29 is 14.3 Å². The smallest absolute Gasteiger partial charge is 0.409 e. The lowest BCUT2D eigenvalue weighted by atomic mass is 9.75. The molecule has 1 fully saturated rings. The first-order valence-corrected chi connectivity index (χ1v) is 8.88. The Bertz CT molecular complexity index is 694. The summed E-state index contributed by atoms with van der Waals surface area (Å²) < 4.78 is 5.05. The van der Waals surface area contributed by atoms with E-state index >= 15 is 0 Å². The number of ether oxygens (including phenoxy) is 1. The van der Waals surface area contributed by atoms with Crippen molar-refractivity contribution in [3.05, 3.63) is 17.0 Å². The number of anilines is 1. The van der Waals surface area contributed by atoms with E-state index in [9.17, 15) is 9.59 Å². The summed E-state index contributed by atoms with van der Waals surface area (Å²) in [6, 6.07) is 0. The number of carbonyl (C=O) groups is 2. The highest BCUT2D eigenvalue weighted by Crippen LogP contribution is 2.35. The second kappa shape index (κ2) is 6.61. The van der Waals surface area contributed by atoms with Crippen LogP contribution in [0.5, 0.6) is 0 Å². The Kier molecular flexibility index (Phi) is 4.67. The molecule has 0 atom stereocenters. The largest absolute Gasteiger partial charge is 0.450 e. The fraction of sp³-hybridized carbons (Fsp3) is 0.667. The summed E-state index contributed by atoms with van der Waals surface area (Å²) in [5.74, 6) is 0.799. The summed E-state index contributed by atoms with van der Waals surface area (Å²) in [5.41, 5.74) is 2.25. The van der Waals surface area contributed by atoms with Gasteiger partial charge >= 0.3 is 6.09 Å². The maximum atomic E-state index is 12.4. The first-order valence-electron chi connectivity index (χ1n) is 8.88. The van der Waals surface area contributed by atoms with Gasteiger partial charge in [-0.15, -0.1) is 0 Å². The third-order valence-electron chi connectivity index (χ3n) is 4.81. The number of fused-ring (bicyclic) bond motifs is 1. The summed E-state index contributed by atoms with van der Waals surface area (Å²) in [5, 5.41) is 0. The highest BCUT2D eigenvalue weighted by atomic mass is 16.6. The Morgan fingerprint density at radius 1 is 1.16 bits per heavy atom. The van der Waals surface area contributed by atoms with Gasteiger partial charge in [0.25, 0.3) is 0 Å². The SMILES string of the molecule is CCOC(=O)N1CCN(c2nc(C)c3c(n2)CC(C)(C)CC3=O)CC1. The number of ketones is 1. The Hall–Kier alpha value is -2.18. The van der Waals surface area contributed by atoms with Gasteiger partial charge in [-0.2, -0.15) is 0 Å². The minimum absolute atomic E-state index is 0.0647. The molecule has 2 aliphatic rings. The lowest BCUT2D eigenvalue weighted by Gasteiger charge is -2.35. The van der Waals surface area contributed by atoms with Crippen LogP contribution in [0.1, 0.15) is 48.9 Å². The molecule has 1 aliphatic heterocycles. The van der Waals surface area contributed by atoms with E-state index in [1.54, 1.807) is 11.8 Å². The van der Waals surface area contributed by atoms with Crippen molar-refractivity contribution >= 4 is 17.8 Å². The Balaban J connectivity index is 1.78. The first-order chi connectivity index (χ1) is 11.8. The normalized spacial score (nSPS) is 19.6. The average molecular weight is 346 g/mol. The molecule has 0 N–H and O–H groups in total. The second-order valence-electron chi connectivity index (χ2n) is 7.54. The number of Topliss-reactive ketones (excluding diaryl/α,β-unsaturated/α-hetero) is 1. The molecule has 0 saturated carbocycles. The number of hydrogen-bond acceptors (Lipinski definition) is 6. The van der Waals surface area contributed by atoms with Crippen LogP contribution in [0.4, 0.5) is 10.7 Å². The molecule has 1 aromatic rings. The fourth-order valence-electron chi connectivity index (χ4n) is 3.59. The molecular weight excluding hydrogens is 320 g/mol. The van der Waals surface area contributed by atoms with Gasteiger partial charge in [0.05, 0.1) is 23.6 Å². The van der Waals surface area contributed by atoms with Gasteiger partial charge in [0, 0.05) is 32.6 Å². The van der Waals surface area contributed by atoms with Crippen molar-refractivity contribution in [1.29, 1.82) is 0 Å². The number of aryl methyl sites for hydroxylation is 1. The van der Waals surface area contributed by atoms with Gasteiger partial charge in [-0.05, 0) is 25.7 Å². The zero-order chi connectivity index (χ0) is 18.2. The van der Waals surface area contributed by atoms with Crippen LogP contribution in [0.2, 0.25) is 0 Å². The molecule has 0 radical (unpaired) electrons. The molecule has 0 bridgehead atoms. The number of piperazine rings is 1. The molecule has 1 saturated heterocycles. The van der Waals surface area contributed by atoms with E-state index in [0.29, 0.717) is 50.7 Å². The van der Waals surface area contributed by atoms with Crippen LogP contribution in [0.3, 0.4) is 0 Å². The van der Waals surface area contributed by atoms with Crippen LogP contribution in [0, 0.1) is 12.3 Å². The molecule has 1 aliphatic carbocycles. The number of amides is 1. The molecule has 0 unspecified atom stereocenters. The van der Waals surface area contributed by atoms with Crippen LogP contribution >= 0.6 is 0 Å². The van der Waals surface area contributed by atoms with E-state index in [4.69, 9.17) is 9.72 Å². The molecule has 0 spiro atoms. The third-order valence-corrected chi connectivity index (χ3v) is 4.81. The van der Waals surface area contributed by atoms with Gasteiger partial charge in [-0.1, -0.05) is 13.8 Å². The standard InChI is InChI=1S/C18H26N4O3/c1-5-25-17(24)22-8-6-21(7-9-22)16-19-12(2)15-13(20-16)10-18(3,4)11-14(15)23/h5-11H2,1-4H3.